The van der Waals surface area contributed by atoms with Crippen molar-refractivity contribution in [3.8, 4) is 0 Å². The number of benzene rings is 3. The van der Waals surface area contributed by atoms with Crippen molar-refractivity contribution in [1.29, 1.82) is 0 Å². The second-order valence-electron chi connectivity index (χ2n) is 6.38. The van der Waals surface area contributed by atoms with Crippen molar-refractivity contribution in [3.63, 3.8) is 0 Å². The molecule has 4 nitrogen and oxygen atoms in total. The van der Waals surface area contributed by atoms with Gasteiger partial charge in [0, 0.05) is 5.69 Å². The van der Waals surface area contributed by atoms with Gasteiger partial charge in [0.2, 0.25) is 0 Å². The first kappa shape index (κ1) is 17.7. The molecule has 0 aliphatic carbocycles. The average molecular weight is 347 g/mol. The Bertz CT molecular complexity index is 973. The molecule has 1 amide bonds. The zero-order chi connectivity index (χ0) is 18.7. The molecule has 3 aromatic carbocycles. The summed E-state index contributed by atoms with van der Waals surface area (Å²) >= 11 is 0. The van der Waals surface area contributed by atoms with Gasteiger partial charge < -0.3 is 10.1 Å². The molecule has 0 aromatic heterocycles. The van der Waals surface area contributed by atoms with Gasteiger partial charge in [0.15, 0.2) is 6.10 Å². The smallest absolute Gasteiger partial charge is 0.339 e. The highest BCUT2D eigenvalue weighted by Gasteiger charge is 2.20. The Balaban J connectivity index is 1.73. The summed E-state index contributed by atoms with van der Waals surface area (Å²) in [5.41, 5.74) is 3.25. The predicted octanol–water partition coefficient (Wildman–Crippen LogP) is 4.64. The maximum atomic E-state index is 12.5. The van der Waals surface area contributed by atoms with Crippen LogP contribution in [-0.2, 0) is 9.53 Å². The molecule has 0 saturated heterocycles. The van der Waals surface area contributed by atoms with Gasteiger partial charge >= 0.3 is 5.97 Å². The van der Waals surface area contributed by atoms with Crippen LogP contribution in [0.5, 0.6) is 0 Å². The number of carbonyl (C=O) groups excluding carboxylic acids is 2. The summed E-state index contributed by atoms with van der Waals surface area (Å²) in [5, 5.41) is 4.58. The Morgan fingerprint density at radius 1 is 0.962 bits per heavy atom. The van der Waals surface area contributed by atoms with E-state index in [1.165, 1.54) is 0 Å². The minimum Gasteiger partial charge on any atom is -0.449 e. The molecule has 0 radical (unpaired) electrons. The Morgan fingerprint density at radius 3 is 2.46 bits per heavy atom. The second-order valence-corrected chi connectivity index (χ2v) is 6.38. The first-order valence-corrected chi connectivity index (χ1v) is 8.52. The molecule has 0 spiro atoms. The van der Waals surface area contributed by atoms with Crippen LogP contribution in [0, 0.1) is 13.8 Å². The van der Waals surface area contributed by atoms with Gasteiger partial charge in [0.25, 0.3) is 5.91 Å². The number of hydrogen-bond acceptors (Lipinski definition) is 3. The summed E-state index contributed by atoms with van der Waals surface area (Å²) in [6.45, 7) is 5.49. The van der Waals surface area contributed by atoms with E-state index in [-0.39, 0.29) is 5.91 Å². The lowest BCUT2D eigenvalue weighted by atomic mass is 10.0. The largest absolute Gasteiger partial charge is 0.449 e. The van der Waals surface area contributed by atoms with E-state index in [0.717, 1.165) is 21.9 Å². The normalized spacial score (nSPS) is 11.8. The van der Waals surface area contributed by atoms with E-state index in [1.54, 1.807) is 19.1 Å². The Hall–Kier alpha value is -3.14. The standard InChI is InChI=1S/C22H21NO3/c1-14-11-12-20(15(2)13-14)23-21(24)16(3)26-22(25)19-10-6-8-17-7-4-5-9-18(17)19/h4-13,16H,1-3H3,(H,23,24)/t16-/m0/s1. The molecule has 0 bridgehead atoms. The lowest BCUT2D eigenvalue weighted by molar-refractivity contribution is -0.123. The molecule has 1 atom stereocenters. The summed E-state index contributed by atoms with van der Waals surface area (Å²) in [6, 6.07) is 18.8. The van der Waals surface area contributed by atoms with Crippen molar-refractivity contribution < 1.29 is 14.3 Å². The van der Waals surface area contributed by atoms with Gasteiger partial charge in [-0.05, 0) is 49.2 Å². The Labute approximate surface area is 152 Å². The van der Waals surface area contributed by atoms with Crippen LogP contribution >= 0.6 is 0 Å². The molecule has 0 aliphatic heterocycles. The van der Waals surface area contributed by atoms with E-state index in [4.69, 9.17) is 4.74 Å². The van der Waals surface area contributed by atoms with Crippen molar-refractivity contribution in [3.05, 3.63) is 77.4 Å². The minimum atomic E-state index is -0.901. The number of esters is 1. The van der Waals surface area contributed by atoms with Crippen LogP contribution < -0.4 is 5.32 Å². The number of ether oxygens (including phenoxy) is 1. The van der Waals surface area contributed by atoms with Gasteiger partial charge in [-0.15, -0.1) is 0 Å². The van der Waals surface area contributed by atoms with Crippen LogP contribution in [0.2, 0.25) is 0 Å². The number of anilines is 1. The van der Waals surface area contributed by atoms with Gasteiger partial charge in [0.05, 0.1) is 5.56 Å². The third-order valence-electron chi connectivity index (χ3n) is 4.30. The lowest BCUT2D eigenvalue weighted by Gasteiger charge is -2.15. The number of rotatable bonds is 4. The maximum Gasteiger partial charge on any atom is 0.339 e. The van der Waals surface area contributed by atoms with Crippen LogP contribution in [0.3, 0.4) is 0 Å². The average Bonchev–Trinajstić information content (AvgIpc) is 2.63. The molecule has 3 aromatic rings. The van der Waals surface area contributed by atoms with Crippen molar-refractivity contribution >= 4 is 28.3 Å². The number of nitrogens with one attached hydrogen (secondary N) is 1. The van der Waals surface area contributed by atoms with Crippen LogP contribution in [0.4, 0.5) is 5.69 Å². The minimum absolute atomic E-state index is 0.356. The van der Waals surface area contributed by atoms with E-state index in [1.807, 2.05) is 62.4 Å². The van der Waals surface area contributed by atoms with E-state index in [9.17, 15) is 9.59 Å². The third-order valence-corrected chi connectivity index (χ3v) is 4.30. The van der Waals surface area contributed by atoms with Gasteiger partial charge in [0.1, 0.15) is 0 Å². The SMILES string of the molecule is Cc1ccc(NC(=O)[C@H](C)OC(=O)c2cccc3ccccc23)c(C)c1. The zero-order valence-corrected chi connectivity index (χ0v) is 15.1. The molecular weight excluding hydrogens is 326 g/mol. The molecular formula is C22H21NO3. The zero-order valence-electron chi connectivity index (χ0n) is 15.1. The Kier molecular flexibility index (Phi) is 5.03. The molecule has 3 rings (SSSR count). The summed E-state index contributed by atoms with van der Waals surface area (Å²) in [6.07, 6.45) is -0.901. The molecule has 1 N–H and O–H groups in total. The monoisotopic (exact) mass is 347 g/mol. The van der Waals surface area contributed by atoms with Crippen LogP contribution in [0.1, 0.15) is 28.4 Å². The van der Waals surface area contributed by atoms with E-state index in [2.05, 4.69) is 5.32 Å². The molecule has 0 aliphatic rings. The van der Waals surface area contributed by atoms with Crippen molar-refractivity contribution in [2.75, 3.05) is 5.32 Å². The molecule has 0 fully saturated rings. The second kappa shape index (κ2) is 7.40. The summed E-state index contributed by atoms with van der Waals surface area (Å²) < 4.78 is 5.39. The maximum absolute atomic E-state index is 12.5. The van der Waals surface area contributed by atoms with Crippen molar-refractivity contribution in [1.82, 2.24) is 0 Å². The molecule has 0 saturated carbocycles. The number of fused-ring (bicyclic) bond motifs is 1. The highest BCUT2D eigenvalue weighted by Crippen LogP contribution is 2.20. The molecule has 4 heteroatoms. The topological polar surface area (TPSA) is 55.4 Å². The molecule has 26 heavy (non-hydrogen) atoms. The first-order chi connectivity index (χ1) is 12.5. The fourth-order valence-electron chi connectivity index (χ4n) is 2.87. The van der Waals surface area contributed by atoms with Gasteiger partial charge in [-0.2, -0.15) is 0 Å². The summed E-state index contributed by atoms with van der Waals surface area (Å²) in [7, 11) is 0. The van der Waals surface area contributed by atoms with Gasteiger partial charge in [-0.3, -0.25) is 4.79 Å². The highest BCUT2D eigenvalue weighted by atomic mass is 16.5. The summed E-state index contributed by atoms with van der Waals surface area (Å²) in [5.74, 6) is -0.865. The fraction of sp³-hybridized carbons (Fsp3) is 0.182. The first-order valence-electron chi connectivity index (χ1n) is 8.52. The summed E-state index contributed by atoms with van der Waals surface area (Å²) in [4.78, 5) is 24.9. The van der Waals surface area contributed by atoms with E-state index in [0.29, 0.717) is 11.3 Å². The molecule has 0 unspecified atom stereocenters. The van der Waals surface area contributed by atoms with Crippen molar-refractivity contribution in [2.45, 2.75) is 26.9 Å². The number of hydrogen-bond donors (Lipinski definition) is 1. The Morgan fingerprint density at radius 2 is 1.69 bits per heavy atom. The predicted molar refractivity (Wildman–Crippen MR) is 103 cm³/mol. The number of carbonyl (C=O) groups is 2. The highest BCUT2D eigenvalue weighted by molar-refractivity contribution is 6.05. The quantitative estimate of drug-likeness (QED) is 0.700. The molecule has 0 heterocycles. The third kappa shape index (κ3) is 3.75. The van der Waals surface area contributed by atoms with Crippen LogP contribution in [0.15, 0.2) is 60.7 Å². The number of amides is 1. The van der Waals surface area contributed by atoms with Crippen molar-refractivity contribution in [2.24, 2.45) is 0 Å². The van der Waals surface area contributed by atoms with Gasteiger partial charge in [-0.25, -0.2) is 4.79 Å². The van der Waals surface area contributed by atoms with E-state index >= 15 is 0 Å². The fourth-order valence-corrected chi connectivity index (χ4v) is 2.87. The number of aryl methyl sites for hydroxylation is 2. The molecule has 132 valence electrons. The van der Waals surface area contributed by atoms with Gasteiger partial charge in [-0.1, -0.05) is 54.1 Å². The van der Waals surface area contributed by atoms with E-state index < -0.39 is 12.1 Å². The van der Waals surface area contributed by atoms with Crippen LogP contribution in [-0.4, -0.2) is 18.0 Å². The lowest BCUT2D eigenvalue weighted by Crippen LogP contribution is -2.30. The van der Waals surface area contributed by atoms with Crippen LogP contribution in [0.25, 0.3) is 10.8 Å².